The number of nitrogens with one attached hydrogen (secondary N) is 2. The molecular weight excluding hydrogens is 224 g/mol. The van der Waals surface area contributed by atoms with E-state index >= 15 is 0 Å². The van der Waals surface area contributed by atoms with Gasteiger partial charge in [0.05, 0.1) is 6.04 Å². The third-order valence-electron chi connectivity index (χ3n) is 2.23. The molecule has 0 fully saturated rings. The van der Waals surface area contributed by atoms with Gasteiger partial charge in [-0.3, -0.25) is 9.89 Å². The summed E-state index contributed by atoms with van der Waals surface area (Å²) in [4.78, 5) is 11.6. The van der Waals surface area contributed by atoms with Gasteiger partial charge in [0.15, 0.2) is 5.82 Å². The molecule has 0 unspecified atom stereocenters. The number of anilines is 1. The van der Waals surface area contributed by atoms with Gasteiger partial charge in [0.2, 0.25) is 5.91 Å². The lowest BCUT2D eigenvalue weighted by molar-refractivity contribution is -0.117. The van der Waals surface area contributed by atoms with Gasteiger partial charge >= 0.3 is 0 Å². The zero-order chi connectivity index (χ0) is 12.0. The summed E-state index contributed by atoms with van der Waals surface area (Å²) in [6.07, 6.45) is 3.53. The molecule has 0 radical (unpaired) electrons. The molecular formula is C10H18N4OS. The second-order valence-corrected chi connectivity index (χ2v) is 4.49. The molecule has 1 aromatic rings. The van der Waals surface area contributed by atoms with Gasteiger partial charge in [-0.25, -0.2) is 0 Å². The highest BCUT2D eigenvalue weighted by Crippen LogP contribution is 2.07. The van der Waals surface area contributed by atoms with Crippen molar-refractivity contribution < 1.29 is 4.79 Å². The van der Waals surface area contributed by atoms with Crippen LogP contribution < -0.4 is 11.1 Å². The van der Waals surface area contributed by atoms with Crippen molar-refractivity contribution in [1.82, 2.24) is 10.2 Å². The van der Waals surface area contributed by atoms with E-state index in [2.05, 4.69) is 15.5 Å². The zero-order valence-corrected chi connectivity index (χ0v) is 10.4. The molecule has 4 N–H and O–H groups in total. The Labute approximate surface area is 99.6 Å². The van der Waals surface area contributed by atoms with Crippen LogP contribution in [0.2, 0.25) is 0 Å². The number of aromatic amines is 1. The maximum Gasteiger partial charge on any atom is 0.242 e. The highest BCUT2D eigenvalue weighted by Gasteiger charge is 2.14. The van der Waals surface area contributed by atoms with E-state index in [1.807, 2.05) is 19.2 Å². The van der Waals surface area contributed by atoms with Crippen LogP contribution in [0.5, 0.6) is 0 Å². The molecule has 0 aliphatic carbocycles. The van der Waals surface area contributed by atoms with Crippen molar-refractivity contribution in [2.24, 2.45) is 5.73 Å². The molecule has 1 amide bonds. The molecule has 1 atom stereocenters. The number of carbonyl (C=O) groups excluding carboxylic acids is 1. The van der Waals surface area contributed by atoms with Gasteiger partial charge in [-0.1, -0.05) is 6.92 Å². The molecule has 0 aromatic carbocycles. The number of thioether (sulfide) groups is 1. The van der Waals surface area contributed by atoms with Crippen LogP contribution in [0.25, 0.3) is 0 Å². The molecule has 6 heteroatoms. The Balaban J connectivity index is 2.44. The zero-order valence-electron chi connectivity index (χ0n) is 9.62. The van der Waals surface area contributed by atoms with Gasteiger partial charge in [-0.05, 0) is 24.9 Å². The monoisotopic (exact) mass is 242 g/mol. The van der Waals surface area contributed by atoms with E-state index in [1.165, 1.54) is 0 Å². The standard InChI is InChI=1S/C10H18N4OS/c1-3-7-6-9(14-13-7)12-10(15)8(11)4-5-16-2/h6,8H,3-5,11H2,1-2H3,(H2,12,13,14,15)/t8-/m0/s1. The first-order valence-corrected chi connectivity index (χ1v) is 6.66. The lowest BCUT2D eigenvalue weighted by Gasteiger charge is -2.09. The van der Waals surface area contributed by atoms with E-state index in [0.29, 0.717) is 12.2 Å². The van der Waals surface area contributed by atoms with E-state index in [4.69, 9.17) is 5.73 Å². The number of hydrogen-bond donors (Lipinski definition) is 3. The number of nitrogens with two attached hydrogens (primary N) is 1. The Kier molecular flexibility index (Phi) is 5.34. The lowest BCUT2D eigenvalue weighted by Crippen LogP contribution is -2.36. The number of H-pyrrole nitrogens is 1. The van der Waals surface area contributed by atoms with Gasteiger partial charge < -0.3 is 11.1 Å². The smallest absolute Gasteiger partial charge is 0.242 e. The summed E-state index contributed by atoms with van der Waals surface area (Å²) in [5.41, 5.74) is 6.72. The Morgan fingerprint density at radius 3 is 3.06 bits per heavy atom. The van der Waals surface area contributed by atoms with Crippen LogP contribution in [0.1, 0.15) is 19.0 Å². The minimum atomic E-state index is -0.464. The fourth-order valence-electron chi connectivity index (χ4n) is 1.20. The largest absolute Gasteiger partial charge is 0.320 e. The maximum atomic E-state index is 11.6. The summed E-state index contributed by atoms with van der Waals surface area (Å²) in [5, 5.41) is 9.49. The summed E-state index contributed by atoms with van der Waals surface area (Å²) in [6, 6.07) is 1.35. The number of amides is 1. The predicted octanol–water partition coefficient (Wildman–Crippen LogP) is 0.991. The predicted molar refractivity (Wildman–Crippen MR) is 67.6 cm³/mol. The number of aryl methyl sites for hydroxylation is 1. The van der Waals surface area contributed by atoms with Crippen molar-refractivity contribution in [2.75, 3.05) is 17.3 Å². The summed E-state index contributed by atoms with van der Waals surface area (Å²) < 4.78 is 0. The van der Waals surface area contributed by atoms with E-state index < -0.39 is 6.04 Å². The van der Waals surface area contributed by atoms with Gasteiger partial charge in [-0.15, -0.1) is 0 Å². The molecule has 0 saturated heterocycles. The summed E-state index contributed by atoms with van der Waals surface area (Å²) in [6.45, 7) is 2.02. The Hall–Kier alpha value is -1.01. The number of hydrogen-bond acceptors (Lipinski definition) is 4. The van der Waals surface area contributed by atoms with Gasteiger partial charge in [0.1, 0.15) is 0 Å². The van der Waals surface area contributed by atoms with Crippen molar-refractivity contribution in [3.05, 3.63) is 11.8 Å². The average Bonchev–Trinajstić information content (AvgIpc) is 2.73. The van der Waals surface area contributed by atoms with E-state index in [9.17, 15) is 4.79 Å². The first kappa shape index (κ1) is 13.1. The minimum Gasteiger partial charge on any atom is -0.320 e. The second kappa shape index (κ2) is 6.55. The van der Waals surface area contributed by atoms with Gasteiger partial charge in [0, 0.05) is 11.8 Å². The van der Waals surface area contributed by atoms with Crippen LogP contribution in [0.3, 0.4) is 0 Å². The highest BCUT2D eigenvalue weighted by molar-refractivity contribution is 7.98. The molecule has 16 heavy (non-hydrogen) atoms. The van der Waals surface area contributed by atoms with E-state index in [-0.39, 0.29) is 5.91 Å². The minimum absolute atomic E-state index is 0.178. The Morgan fingerprint density at radius 1 is 1.75 bits per heavy atom. The quantitative estimate of drug-likeness (QED) is 0.694. The van der Waals surface area contributed by atoms with E-state index in [1.54, 1.807) is 11.8 Å². The molecule has 1 heterocycles. The molecule has 0 saturated carbocycles. The molecule has 5 nitrogen and oxygen atoms in total. The summed E-state index contributed by atoms with van der Waals surface area (Å²) in [7, 11) is 0. The molecule has 0 spiro atoms. The fraction of sp³-hybridized carbons (Fsp3) is 0.600. The first-order valence-electron chi connectivity index (χ1n) is 5.27. The molecule has 0 aliphatic heterocycles. The third kappa shape index (κ3) is 3.86. The van der Waals surface area contributed by atoms with Crippen LogP contribution >= 0.6 is 11.8 Å². The van der Waals surface area contributed by atoms with Gasteiger partial charge in [-0.2, -0.15) is 16.9 Å². The number of rotatable bonds is 6. The topological polar surface area (TPSA) is 83.8 Å². The Morgan fingerprint density at radius 2 is 2.50 bits per heavy atom. The van der Waals surface area contributed by atoms with Crippen LogP contribution in [0, 0.1) is 0 Å². The summed E-state index contributed by atoms with van der Waals surface area (Å²) in [5.74, 6) is 1.25. The van der Waals surface area contributed by atoms with Gasteiger partial charge in [0.25, 0.3) is 0 Å². The number of nitrogens with zero attached hydrogens (tertiary/aromatic N) is 1. The number of aromatic nitrogens is 2. The molecule has 0 aliphatic rings. The van der Waals surface area contributed by atoms with Crippen LogP contribution in [-0.2, 0) is 11.2 Å². The first-order chi connectivity index (χ1) is 7.67. The maximum absolute atomic E-state index is 11.6. The fourth-order valence-corrected chi connectivity index (χ4v) is 1.69. The van der Waals surface area contributed by atoms with Crippen LogP contribution in [-0.4, -0.2) is 34.2 Å². The highest BCUT2D eigenvalue weighted by atomic mass is 32.2. The molecule has 0 bridgehead atoms. The van der Waals surface area contributed by atoms with Crippen molar-refractivity contribution >= 4 is 23.5 Å². The molecule has 1 rings (SSSR count). The molecule has 90 valence electrons. The van der Waals surface area contributed by atoms with E-state index in [0.717, 1.165) is 17.9 Å². The van der Waals surface area contributed by atoms with Crippen molar-refractivity contribution in [1.29, 1.82) is 0 Å². The third-order valence-corrected chi connectivity index (χ3v) is 2.88. The SMILES string of the molecule is CCc1cc(NC(=O)[C@@H](N)CCSC)n[nH]1. The lowest BCUT2D eigenvalue weighted by atomic mass is 10.2. The number of carbonyl (C=O) groups is 1. The summed E-state index contributed by atoms with van der Waals surface area (Å²) >= 11 is 1.68. The van der Waals surface area contributed by atoms with Crippen LogP contribution in [0.15, 0.2) is 6.07 Å². The molecule has 1 aromatic heterocycles. The van der Waals surface area contributed by atoms with Crippen molar-refractivity contribution in [3.8, 4) is 0 Å². The van der Waals surface area contributed by atoms with Crippen LogP contribution in [0.4, 0.5) is 5.82 Å². The normalized spacial score (nSPS) is 12.4. The Bertz CT molecular complexity index is 339. The van der Waals surface area contributed by atoms with Crippen molar-refractivity contribution in [3.63, 3.8) is 0 Å². The average molecular weight is 242 g/mol. The second-order valence-electron chi connectivity index (χ2n) is 3.51. The van der Waals surface area contributed by atoms with Crippen molar-refractivity contribution in [2.45, 2.75) is 25.8 Å².